The average molecular weight is 318 g/mol. The Kier molecular flexibility index (Phi) is 4.26. The van der Waals surface area contributed by atoms with Gasteiger partial charge in [0, 0.05) is 19.4 Å². The maximum atomic E-state index is 12.3. The van der Waals surface area contributed by atoms with E-state index in [1.807, 2.05) is 12.1 Å². The zero-order valence-corrected chi connectivity index (χ0v) is 13.5. The molecule has 6 nitrogen and oxygen atoms in total. The van der Waals surface area contributed by atoms with Crippen molar-refractivity contribution in [1.29, 1.82) is 0 Å². The molecule has 1 aromatic carbocycles. The molecule has 1 aromatic rings. The van der Waals surface area contributed by atoms with E-state index in [-0.39, 0.29) is 23.7 Å². The summed E-state index contributed by atoms with van der Waals surface area (Å²) in [5.74, 6) is -0.362. The average Bonchev–Trinajstić information content (AvgIpc) is 2.80. The summed E-state index contributed by atoms with van der Waals surface area (Å²) in [4.78, 5) is 25.5. The number of esters is 1. The Morgan fingerprint density at radius 3 is 2.61 bits per heavy atom. The van der Waals surface area contributed by atoms with Gasteiger partial charge in [0.25, 0.3) is 0 Å². The van der Waals surface area contributed by atoms with Crippen molar-refractivity contribution >= 4 is 12.1 Å². The van der Waals surface area contributed by atoms with E-state index in [0.717, 1.165) is 31.5 Å². The van der Waals surface area contributed by atoms with Gasteiger partial charge in [0.1, 0.15) is 5.60 Å². The van der Waals surface area contributed by atoms with Gasteiger partial charge >= 0.3 is 12.1 Å². The van der Waals surface area contributed by atoms with Crippen LogP contribution in [0.4, 0.5) is 4.79 Å². The summed E-state index contributed by atoms with van der Waals surface area (Å²) in [5.41, 5.74) is 1.10. The van der Waals surface area contributed by atoms with Gasteiger partial charge in [-0.05, 0) is 37.7 Å². The number of carbonyl (C=O) groups excluding carboxylic acids is 2. The highest BCUT2D eigenvalue weighted by Gasteiger charge is 2.51. The molecule has 0 aliphatic carbocycles. The number of carbonyl (C=O) groups is 2. The van der Waals surface area contributed by atoms with Gasteiger partial charge in [0.15, 0.2) is 0 Å². The van der Waals surface area contributed by atoms with E-state index in [0.29, 0.717) is 12.1 Å². The molecule has 23 heavy (non-hydrogen) atoms. The zero-order chi connectivity index (χ0) is 16.4. The minimum Gasteiger partial charge on any atom is -0.465 e. The summed E-state index contributed by atoms with van der Waals surface area (Å²) in [5, 5.41) is 3.30. The van der Waals surface area contributed by atoms with Gasteiger partial charge in [-0.1, -0.05) is 12.1 Å². The first-order valence-corrected chi connectivity index (χ1v) is 7.93. The third kappa shape index (κ3) is 2.91. The first kappa shape index (κ1) is 15.8. The SMILES string of the molecule is COC(=O)c1ccc(CN2C(=O)OC3(CCNCC3)C2C)cc1. The molecule has 2 saturated heterocycles. The number of hydrogen-bond donors (Lipinski definition) is 1. The summed E-state index contributed by atoms with van der Waals surface area (Å²) in [6.45, 7) is 4.29. The van der Waals surface area contributed by atoms with E-state index in [2.05, 4.69) is 17.0 Å². The van der Waals surface area contributed by atoms with Crippen LogP contribution >= 0.6 is 0 Å². The lowest BCUT2D eigenvalue weighted by Crippen LogP contribution is -2.50. The van der Waals surface area contributed by atoms with Crippen molar-refractivity contribution in [3.8, 4) is 0 Å². The van der Waals surface area contributed by atoms with E-state index in [4.69, 9.17) is 4.74 Å². The van der Waals surface area contributed by atoms with Gasteiger partial charge in [0.05, 0.1) is 18.7 Å². The molecule has 0 radical (unpaired) electrons. The molecular weight excluding hydrogens is 296 g/mol. The number of nitrogens with one attached hydrogen (secondary N) is 1. The highest BCUT2D eigenvalue weighted by Crippen LogP contribution is 2.37. The van der Waals surface area contributed by atoms with Crippen LogP contribution in [-0.4, -0.2) is 48.8 Å². The second-order valence-electron chi connectivity index (χ2n) is 6.18. The van der Waals surface area contributed by atoms with Crippen molar-refractivity contribution in [2.75, 3.05) is 20.2 Å². The molecule has 2 heterocycles. The Labute approximate surface area is 135 Å². The number of benzene rings is 1. The summed E-state index contributed by atoms with van der Waals surface area (Å²) in [6.07, 6.45) is 1.44. The van der Waals surface area contributed by atoms with Crippen LogP contribution in [0, 0.1) is 0 Å². The molecule has 0 bridgehead atoms. The lowest BCUT2D eigenvalue weighted by atomic mass is 9.85. The predicted octanol–water partition coefficient (Wildman–Crippen LogP) is 1.94. The molecule has 1 atom stereocenters. The number of ether oxygens (including phenoxy) is 2. The molecule has 124 valence electrons. The Bertz CT molecular complexity index is 593. The van der Waals surface area contributed by atoms with Gasteiger partial charge in [-0.25, -0.2) is 9.59 Å². The highest BCUT2D eigenvalue weighted by atomic mass is 16.6. The monoisotopic (exact) mass is 318 g/mol. The third-order valence-corrected chi connectivity index (χ3v) is 4.93. The zero-order valence-electron chi connectivity index (χ0n) is 13.5. The van der Waals surface area contributed by atoms with Gasteiger partial charge in [-0.2, -0.15) is 0 Å². The van der Waals surface area contributed by atoms with Gasteiger partial charge in [-0.3, -0.25) is 4.90 Å². The number of piperidine rings is 1. The van der Waals surface area contributed by atoms with Crippen molar-refractivity contribution in [1.82, 2.24) is 10.2 Å². The fraction of sp³-hybridized carbons (Fsp3) is 0.529. The Balaban J connectivity index is 1.72. The lowest BCUT2D eigenvalue weighted by Gasteiger charge is -2.36. The molecule has 2 aliphatic rings. The largest absolute Gasteiger partial charge is 0.465 e. The number of amides is 1. The Morgan fingerprint density at radius 1 is 1.35 bits per heavy atom. The fourth-order valence-electron chi connectivity index (χ4n) is 3.39. The van der Waals surface area contributed by atoms with Crippen LogP contribution < -0.4 is 5.32 Å². The molecule has 3 rings (SSSR count). The molecule has 0 aromatic heterocycles. The maximum Gasteiger partial charge on any atom is 0.411 e. The Hall–Kier alpha value is -2.08. The topological polar surface area (TPSA) is 67.9 Å². The van der Waals surface area contributed by atoms with Crippen LogP contribution in [0.1, 0.15) is 35.7 Å². The van der Waals surface area contributed by atoms with Gasteiger partial charge in [0.2, 0.25) is 0 Å². The van der Waals surface area contributed by atoms with Crippen LogP contribution in [0.2, 0.25) is 0 Å². The van der Waals surface area contributed by atoms with Crippen molar-refractivity contribution < 1.29 is 19.1 Å². The Morgan fingerprint density at radius 2 is 2.00 bits per heavy atom. The fourth-order valence-corrected chi connectivity index (χ4v) is 3.39. The molecule has 1 unspecified atom stereocenters. The minimum absolute atomic E-state index is 0.0392. The smallest absolute Gasteiger partial charge is 0.411 e. The summed E-state index contributed by atoms with van der Waals surface area (Å²) < 4.78 is 10.4. The normalized spacial score (nSPS) is 23.0. The van der Waals surface area contributed by atoms with E-state index < -0.39 is 0 Å². The van der Waals surface area contributed by atoms with Crippen LogP contribution in [0.3, 0.4) is 0 Å². The van der Waals surface area contributed by atoms with E-state index in [1.165, 1.54) is 7.11 Å². The molecule has 1 spiro atoms. The number of hydrogen-bond acceptors (Lipinski definition) is 5. The van der Waals surface area contributed by atoms with E-state index in [9.17, 15) is 9.59 Å². The van der Waals surface area contributed by atoms with Crippen molar-refractivity contribution in [3.05, 3.63) is 35.4 Å². The number of rotatable bonds is 3. The third-order valence-electron chi connectivity index (χ3n) is 4.93. The van der Waals surface area contributed by atoms with Crippen LogP contribution in [0.15, 0.2) is 24.3 Å². The van der Waals surface area contributed by atoms with E-state index in [1.54, 1.807) is 17.0 Å². The molecule has 1 amide bonds. The lowest BCUT2D eigenvalue weighted by molar-refractivity contribution is 0.0115. The molecule has 0 saturated carbocycles. The highest BCUT2D eigenvalue weighted by molar-refractivity contribution is 5.89. The molecule has 6 heteroatoms. The standard InChI is InChI=1S/C17H22N2O4/c1-12-17(7-9-18-10-8-17)23-16(21)19(12)11-13-3-5-14(6-4-13)15(20)22-2/h3-6,12,18H,7-11H2,1-2H3. The van der Waals surface area contributed by atoms with Crippen LogP contribution in [0.5, 0.6) is 0 Å². The maximum absolute atomic E-state index is 12.3. The molecule has 2 fully saturated rings. The first-order valence-electron chi connectivity index (χ1n) is 7.93. The summed E-state index contributed by atoms with van der Waals surface area (Å²) in [6, 6.07) is 7.16. The van der Waals surface area contributed by atoms with Crippen LogP contribution in [-0.2, 0) is 16.0 Å². The number of methoxy groups -OCH3 is 1. The molecule has 2 aliphatic heterocycles. The summed E-state index contributed by atoms with van der Waals surface area (Å²) in [7, 11) is 1.36. The second-order valence-corrected chi connectivity index (χ2v) is 6.18. The van der Waals surface area contributed by atoms with Crippen molar-refractivity contribution in [2.45, 2.75) is 38.0 Å². The quantitative estimate of drug-likeness (QED) is 0.863. The first-order chi connectivity index (χ1) is 11.1. The van der Waals surface area contributed by atoms with E-state index >= 15 is 0 Å². The number of nitrogens with zero attached hydrogens (tertiary/aromatic N) is 1. The molecular formula is C17H22N2O4. The van der Waals surface area contributed by atoms with Gasteiger partial charge in [-0.15, -0.1) is 0 Å². The van der Waals surface area contributed by atoms with Crippen LogP contribution in [0.25, 0.3) is 0 Å². The molecule has 1 N–H and O–H groups in total. The minimum atomic E-state index is -0.367. The predicted molar refractivity (Wildman–Crippen MR) is 84.1 cm³/mol. The summed E-state index contributed by atoms with van der Waals surface area (Å²) >= 11 is 0. The van der Waals surface area contributed by atoms with Crippen molar-refractivity contribution in [2.24, 2.45) is 0 Å². The van der Waals surface area contributed by atoms with Gasteiger partial charge < -0.3 is 14.8 Å². The van der Waals surface area contributed by atoms with Crippen molar-refractivity contribution in [3.63, 3.8) is 0 Å². The second kappa shape index (κ2) is 6.20.